The van der Waals surface area contributed by atoms with Gasteiger partial charge in [-0.2, -0.15) is 10.1 Å². The highest BCUT2D eigenvalue weighted by Gasteiger charge is 2.34. The molecule has 0 unspecified atom stereocenters. The number of hydrogen-bond acceptors (Lipinski definition) is 8. The van der Waals surface area contributed by atoms with Gasteiger partial charge in [0.2, 0.25) is 11.1 Å². The molecule has 128 valence electrons. The molecular formula is C15H14N6OS3. The lowest BCUT2D eigenvalue weighted by Gasteiger charge is -2.20. The number of aromatic nitrogens is 3. The van der Waals surface area contributed by atoms with Crippen LogP contribution in [-0.2, 0) is 4.79 Å². The number of thioether (sulfide) groups is 1. The normalized spacial score (nSPS) is 17.0. The Bertz CT molecular complexity index is 886. The molecule has 3 aromatic rings. The van der Waals surface area contributed by atoms with Gasteiger partial charge in [0.25, 0.3) is 5.91 Å². The predicted molar refractivity (Wildman–Crippen MR) is 101 cm³/mol. The maximum Gasteiger partial charge on any atom is 0.253 e. The lowest BCUT2D eigenvalue weighted by atomic mass is 10.1. The minimum Gasteiger partial charge on any atom is -0.368 e. The third-order valence-electron chi connectivity index (χ3n) is 3.65. The van der Waals surface area contributed by atoms with Crippen LogP contribution in [0.4, 0.5) is 5.95 Å². The second-order valence-corrected chi connectivity index (χ2v) is 8.16. The highest BCUT2D eigenvalue weighted by Crippen LogP contribution is 2.36. The second-order valence-electron chi connectivity index (χ2n) is 5.29. The van der Waals surface area contributed by atoms with Crippen molar-refractivity contribution < 1.29 is 4.79 Å². The van der Waals surface area contributed by atoms with Gasteiger partial charge in [-0.1, -0.05) is 23.9 Å². The van der Waals surface area contributed by atoms with Crippen LogP contribution in [-0.4, -0.2) is 37.6 Å². The summed E-state index contributed by atoms with van der Waals surface area (Å²) >= 11 is 4.53. The van der Waals surface area contributed by atoms with Gasteiger partial charge in [0, 0.05) is 11.3 Å². The summed E-state index contributed by atoms with van der Waals surface area (Å²) < 4.78 is 0. The number of aromatic amines is 1. The zero-order valence-electron chi connectivity index (χ0n) is 13.0. The molecule has 25 heavy (non-hydrogen) atoms. The molecule has 7 nitrogen and oxygen atoms in total. The van der Waals surface area contributed by atoms with Crippen LogP contribution in [0.2, 0.25) is 0 Å². The summed E-state index contributed by atoms with van der Waals surface area (Å²) in [5, 5.41) is 17.2. The zero-order chi connectivity index (χ0) is 17.2. The second kappa shape index (κ2) is 6.98. The van der Waals surface area contributed by atoms with Gasteiger partial charge in [-0.15, -0.1) is 27.8 Å². The first-order chi connectivity index (χ1) is 12.2. The molecule has 1 amide bonds. The number of anilines is 1. The van der Waals surface area contributed by atoms with Gasteiger partial charge in [-0.25, -0.2) is 10.1 Å². The van der Waals surface area contributed by atoms with Crippen molar-refractivity contribution in [3.05, 3.63) is 44.8 Å². The summed E-state index contributed by atoms with van der Waals surface area (Å²) in [6.07, 6.45) is 0.727. The number of nitrogens with one attached hydrogen (secondary N) is 1. The molecule has 0 radical (unpaired) electrons. The number of nitrogens with zero attached hydrogens (tertiary/aromatic N) is 4. The molecule has 0 spiro atoms. The SMILES string of the molecule is Nc1nc(SCC(=O)N2N=C(c3cccs3)C[C@@H]2c2cccs2)n[nH]1. The van der Waals surface area contributed by atoms with Gasteiger partial charge in [0.15, 0.2) is 0 Å². The highest BCUT2D eigenvalue weighted by molar-refractivity contribution is 7.99. The molecule has 0 fully saturated rings. The molecule has 0 aromatic carbocycles. The number of nitrogens with two attached hydrogens (primary N) is 1. The topological polar surface area (TPSA) is 100 Å². The standard InChI is InChI=1S/C15H14N6OS3/c16-14-17-15(19-18-14)25-8-13(22)21-10(12-4-2-6-24-12)7-9(20-21)11-3-1-5-23-11/h1-6,10H,7-8H2,(H3,16,17,18,19)/t10-/m1/s1. The summed E-state index contributed by atoms with van der Waals surface area (Å²) in [4.78, 5) is 19.0. The molecule has 0 bridgehead atoms. The molecule has 1 aliphatic heterocycles. The maximum absolute atomic E-state index is 12.8. The third-order valence-corrected chi connectivity index (χ3v) is 6.37. The minimum atomic E-state index is -0.0710. The number of thiophene rings is 2. The molecular weight excluding hydrogens is 376 g/mol. The Morgan fingerprint density at radius 3 is 2.88 bits per heavy atom. The van der Waals surface area contributed by atoms with Crippen molar-refractivity contribution in [2.45, 2.75) is 17.6 Å². The monoisotopic (exact) mass is 390 g/mol. The lowest BCUT2D eigenvalue weighted by molar-refractivity contribution is -0.130. The Morgan fingerprint density at radius 1 is 1.36 bits per heavy atom. The Hall–Kier alpha value is -2.17. The van der Waals surface area contributed by atoms with Crippen molar-refractivity contribution in [1.82, 2.24) is 20.2 Å². The number of carbonyl (C=O) groups is 1. The summed E-state index contributed by atoms with van der Waals surface area (Å²) in [5.74, 6) is 0.379. The minimum absolute atomic E-state index is 0.0533. The number of nitrogen functional groups attached to an aromatic ring is 1. The average molecular weight is 391 g/mol. The van der Waals surface area contributed by atoms with Crippen molar-refractivity contribution in [2.24, 2.45) is 5.10 Å². The van der Waals surface area contributed by atoms with Gasteiger partial charge < -0.3 is 5.73 Å². The summed E-state index contributed by atoms with van der Waals surface area (Å²) in [6.45, 7) is 0. The molecule has 3 N–H and O–H groups in total. The van der Waals surface area contributed by atoms with E-state index in [0.717, 1.165) is 21.9 Å². The molecule has 4 rings (SSSR count). The number of hydrazone groups is 1. The molecule has 1 aliphatic rings. The summed E-state index contributed by atoms with van der Waals surface area (Å²) in [6, 6.07) is 8.02. The van der Waals surface area contributed by atoms with E-state index >= 15 is 0 Å². The smallest absolute Gasteiger partial charge is 0.253 e. The van der Waals surface area contributed by atoms with Crippen LogP contribution in [0, 0.1) is 0 Å². The van der Waals surface area contributed by atoms with E-state index in [1.165, 1.54) is 11.8 Å². The molecule has 0 saturated carbocycles. The molecule has 0 saturated heterocycles. The van der Waals surface area contributed by atoms with E-state index in [9.17, 15) is 4.79 Å². The van der Waals surface area contributed by atoms with E-state index in [2.05, 4.69) is 20.3 Å². The van der Waals surface area contributed by atoms with E-state index in [-0.39, 0.29) is 23.7 Å². The van der Waals surface area contributed by atoms with Crippen LogP contribution >= 0.6 is 34.4 Å². The van der Waals surface area contributed by atoms with Crippen LogP contribution in [0.25, 0.3) is 0 Å². The summed E-state index contributed by atoms with van der Waals surface area (Å²) in [5.41, 5.74) is 6.46. The first-order valence-corrected chi connectivity index (χ1v) is 10.2. The van der Waals surface area contributed by atoms with Crippen LogP contribution in [0.5, 0.6) is 0 Å². The van der Waals surface area contributed by atoms with Crippen molar-refractivity contribution in [1.29, 1.82) is 0 Å². The van der Waals surface area contributed by atoms with E-state index in [1.54, 1.807) is 27.7 Å². The molecule has 4 heterocycles. The lowest BCUT2D eigenvalue weighted by Crippen LogP contribution is -2.28. The summed E-state index contributed by atoms with van der Waals surface area (Å²) in [7, 11) is 0. The van der Waals surface area contributed by atoms with Gasteiger partial charge in [-0.05, 0) is 22.9 Å². The predicted octanol–water partition coefficient (Wildman–Crippen LogP) is 2.98. The zero-order valence-corrected chi connectivity index (χ0v) is 15.4. The average Bonchev–Trinajstić information content (AvgIpc) is 3.38. The fourth-order valence-electron chi connectivity index (χ4n) is 2.55. The number of H-pyrrole nitrogens is 1. The maximum atomic E-state index is 12.8. The Morgan fingerprint density at radius 2 is 2.20 bits per heavy atom. The van der Waals surface area contributed by atoms with Gasteiger partial charge in [0.1, 0.15) is 0 Å². The fourth-order valence-corrected chi connectivity index (χ4v) is 4.74. The number of carbonyl (C=O) groups excluding carboxylic acids is 1. The van der Waals surface area contributed by atoms with Crippen molar-refractivity contribution in [3.63, 3.8) is 0 Å². The molecule has 0 aliphatic carbocycles. The molecule has 1 atom stereocenters. The van der Waals surface area contributed by atoms with Crippen LogP contribution in [0.3, 0.4) is 0 Å². The number of hydrogen-bond donors (Lipinski definition) is 2. The van der Waals surface area contributed by atoms with Crippen molar-refractivity contribution in [2.75, 3.05) is 11.5 Å². The quantitative estimate of drug-likeness (QED) is 0.652. The largest absolute Gasteiger partial charge is 0.368 e. The van der Waals surface area contributed by atoms with E-state index in [0.29, 0.717) is 5.16 Å². The van der Waals surface area contributed by atoms with E-state index < -0.39 is 0 Å². The van der Waals surface area contributed by atoms with Gasteiger partial charge in [-0.3, -0.25) is 4.79 Å². The van der Waals surface area contributed by atoms with Crippen LogP contribution in [0.15, 0.2) is 45.3 Å². The highest BCUT2D eigenvalue weighted by atomic mass is 32.2. The Labute approximate surface area is 156 Å². The van der Waals surface area contributed by atoms with Gasteiger partial charge >= 0.3 is 0 Å². The Balaban J connectivity index is 1.53. The number of amides is 1. The fraction of sp³-hybridized carbons (Fsp3) is 0.200. The van der Waals surface area contributed by atoms with Crippen LogP contribution < -0.4 is 5.73 Å². The van der Waals surface area contributed by atoms with E-state index in [1.807, 2.05) is 35.0 Å². The van der Waals surface area contributed by atoms with Crippen molar-refractivity contribution >= 4 is 52.0 Å². The van der Waals surface area contributed by atoms with E-state index in [4.69, 9.17) is 5.73 Å². The van der Waals surface area contributed by atoms with Crippen LogP contribution in [0.1, 0.15) is 22.2 Å². The Kier molecular flexibility index (Phi) is 4.55. The molecule has 10 heteroatoms. The third kappa shape index (κ3) is 3.46. The first-order valence-electron chi connectivity index (χ1n) is 7.48. The van der Waals surface area contributed by atoms with Gasteiger partial charge in [0.05, 0.1) is 22.4 Å². The molecule has 3 aromatic heterocycles. The number of rotatable bonds is 5. The van der Waals surface area contributed by atoms with Crippen molar-refractivity contribution in [3.8, 4) is 0 Å². The first kappa shape index (κ1) is 16.3.